The third-order valence-corrected chi connectivity index (χ3v) is 8.09. The van der Waals surface area contributed by atoms with E-state index in [4.69, 9.17) is 9.98 Å². The highest BCUT2D eigenvalue weighted by molar-refractivity contribution is 6.01. The van der Waals surface area contributed by atoms with Gasteiger partial charge in [0.25, 0.3) is 0 Å². The quantitative estimate of drug-likeness (QED) is 0.219. The van der Waals surface area contributed by atoms with Crippen molar-refractivity contribution in [2.75, 3.05) is 19.8 Å². The number of aliphatic imine (C=N–C) groups is 2. The second-order valence-corrected chi connectivity index (χ2v) is 12.5. The molecule has 0 amide bonds. The summed E-state index contributed by atoms with van der Waals surface area (Å²) in [4.78, 5) is 14.6. The monoisotopic (exact) mass is 590 g/mol. The molecule has 1 saturated heterocycles. The van der Waals surface area contributed by atoms with Crippen molar-refractivity contribution in [2.24, 2.45) is 9.98 Å². The lowest BCUT2D eigenvalue weighted by atomic mass is 9.93. The van der Waals surface area contributed by atoms with Gasteiger partial charge in [-0.3, -0.25) is 0 Å². The molecule has 1 fully saturated rings. The van der Waals surface area contributed by atoms with E-state index in [0.717, 1.165) is 46.9 Å². The van der Waals surface area contributed by atoms with Crippen LogP contribution in [-0.4, -0.2) is 41.2 Å². The highest BCUT2D eigenvalue weighted by Gasteiger charge is 2.32. The highest BCUT2D eigenvalue weighted by atomic mass is 19.4. The van der Waals surface area contributed by atoms with Gasteiger partial charge in [-0.1, -0.05) is 63.6 Å². The zero-order chi connectivity index (χ0) is 31.6. The van der Waals surface area contributed by atoms with Crippen LogP contribution in [0, 0.1) is 27.7 Å². The van der Waals surface area contributed by atoms with E-state index in [9.17, 15) is 13.2 Å². The van der Waals surface area contributed by atoms with Gasteiger partial charge in [-0.2, -0.15) is 13.2 Å². The molecule has 0 saturated carbocycles. The van der Waals surface area contributed by atoms with Crippen LogP contribution < -0.4 is 0 Å². The van der Waals surface area contributed by atoms with Crippen LogP contribution in [0.5, 0.6) is 0 Å². The number of nitrogens with zero attached hydrogens (tertiary/aromatic N) is 4. The molecule has 3 aromatic rings. The summed E-state index contributed by atoms with van der Waals surface area (Å²) in [5.41, 5.74) is 7.73. The van der Waals surface area contributed by atoms with Crippen LogP contribution in [0.25, 0.3) is 0 Å². The zero-order valence-corrected chi connectivity index (χ0v) is 27.0. The predicted octanol–water partition coefficient (Wildman–Crippen LogP) is 9.98. The molecule has 0 aliphatic carbocycles. The number of alkyl halides is 3. The summed E-state index contributed by atoms with van der Waals surface area (Å²) in [6.07, 6.45) is -3.62. The smallest absolute Gasteiger partial charge is 0.342 e. The Labute approximate surface area is 255 Å². The van der Waals surface area contributed by atoms with Crippen molar-refractivity contribution in [3.63, 3.8) is 0 Å². The van der Waals surface area contributed by atoms with Crippen molar-refractivity contribution in [1.29, 1.82) is 0 Å². The average molecular weight is 591 g/mol. The standard InChI is InChI=1S/C36H45F3N4/c1-22(2)31-12-10-13-32(23(3)4)34(31)40-28(9)42-14-11-15-43(21-42)35(41-33-26(7)16-24(5)17-27(33)8)29-18-25(6)19-30(20-29)36(37,38)39/h10,12-13,16-20,22-23H,11,14-15,21H2,1-9H3. The van der Waals surface area contributed by atoms with Gasteiger partial charge < -0.3 is 9.80 Å². The van der Waals surface area contributed by atoms with Gasteiger partial charge in [0.05, 0.1) is 23.6 Å². The van der Waals surface area contributed by atoms with Crippen LogP contribution in [-0.2, 0) is 6.18 Å². The van der Waals surface area contributed by atoms with Gasteiger partial charge in [0.1, 0.15) is 11.7 Å². The molecule has 0 atom stereocenters. The number of aryl methyl sites for hydroxylation is 4. The fourth-order valence-electron chi connectivity index (χ4n) is 5.96. The Morgan fingerprint density at radius 2 is 1.30 bits per heavy atom. The largest absolute Gasteiger partial charge is 0.416 e. The molecule has 4 rings (SSSR count). The van der Waals surface area contributed by atoms with Crippen LogP contribution in [0.1, 0.15) is 97.4 Å². The SMILES string of the molecule is CC(=Nc1c(C(C)C)cccc1C(C)C)N1CCCN(C(=Nc2c(C)cc(C)cc2C)c2cc(C)cc(C(F)(F)F)c2)C1. The van der Waals surface area contributed by atoms with Gasteiger partial charge in [-0.25, -0.2) is 9.98 Å². The Kier molecular flexibility index (Phi) is 9.73. The molecule has 1 aliphatic rings. The minimum atomic E-state index is -4.45. The average Bonchev–Trinajstić information content (AvgIpc) is 2.91. The van der Waals surface area contributed by atoms with E-state index >= 15 is 0 Å². The summed E-state index contributed by atoms with van der Waals surface area (Å²) in [5.74, 6) is 2.09. The topological polar surface area (TPSA) is 31.2 Å². The summed E-state index contributed by atoms with van der Waals surface area (Å²) in [6, 6.07) is 14.8. The first kappa shape index (κ1) is 32.3. The molecular weight excluding hydrogens is 545 g/mol. The Bertz CT molecular complexity index is 1480. The number of rotatable bonds is 5. The predicted molar refractivity (Wildman–Crippen MR) is 173 cm³/mol. The van der Waals surface area contributed by atoms with E-state index < -0.39 is 11.7 Å². The molecule has 3 aromatic carbocycles. The van der Waals surface area contributed by atoms with E-state index in [0.29, 0.717) is 42.0 Å². The van der Waals surface area contributed by atoms with Crippen molar-refractivity contribution in [2.45, 2.75) is 86.7 Å². The Morgan fingerprint density at radius 3 is 1.86 bits per heavy atom. The van der Waals surface area contributed by atoms with Crippen molar-refractivity contribution in [1.82, 2.24) is 9.80 Å². The molecule has 0 N–H and O–H groups in total. The molecule has 7 heteroatoms. The third kappa shape index (κ3) is 7.49. The second kappa shape index (κ2) is 12.9. The summed E-state index contributed by atoms with van der Waals surface area (Å²) in [6.45, 7) is 20.5. The summed E-state index contributed by atoms with van der Waals surface area (Å²) in [5, 5.41) is 0. The maximum absolute atomic E-state index is 13.9. The number of amidine groups is 2. The lowest BCUT2D eigenvalue weighted by molar-refractivity contribution is -0.137. The lowest BCUT2D eigenvalue weighted by Crippen LogP contribution is -2.49. The fraction of sp³-hybridized carbons (Fsp3) is 0.444. The maximum atomic E-state index is 13.9. The normalized spacial score (nSPS) is 15.2. The minimum Gasteiger partial charge on any atom is -0.342 e. The number of hydrogen-bond donors (Lipinski definition) is 0. The number of hydrogen-bond acceptors (Lipinski definition) is 2. The number of benzene rings is 3. The molecule has 0 bridgehead atoms. The molecule has 1 aliphatic heterocycles. The molecule has 0 radical (unpaired) electrons. The van der Waals surface area contributed by atoms with E-state index in [-0.39, 0.29) is 0 Å². The Hall–Kier alpha value is -3.61. The van der Waals surface area contributed by atoms with Crippen LogP contribution >= 0.6 is 0 Å². The van der Waals surface area contributed by atoms with Crippen LogP contribution in [0.2, 0.25) is 0 Å². The van der Waals surface area contributed by atoms with E-state index in [1.807, 2.05) is 27.7 Å². The van der Waals surface area contributed by atoms with Gasteiger partial charge in [-0.15, -0.1) is 0 Å². The molecule has 0 aromatic heterocycles. The first-order valence-electron chi connectivity index (χ1n) is 15.2. The molecule has 1 heterocycles. The molecule has 230 valence electrons. The Morgan fingerprint density at radius 1 is 0.744 bits per heavy atom. The minimum absolute atomic E-state index is 0.326. The van der Waals surface area contributed by atoms with E-state index in [1.165, 1.54) is 23.3 Å². The first-order chi connectivity index (χ1) is 20.1. The van der Waals surface area contributed by atoms with Crippen LogP contribution in [0.15, 0.2) is 58.5 Å². The lowest BCUT2D eigenvalue weighted by Gasteiger charge is -2.39. The molecule has 4 nitrogen and oxygen atoms in total. The third-order valence-electron chi connectivity index (χ3n) is 8.09. The van der Waals surface area contributed by atoms with Crippen molar-refractivity contribution in [3.8, 4) is 0 Å². The molecular formula is C36H45F3N4. The van der Waals surface area contributed by atoms with Gasteiger partial charge in [0.15, 0.2) is 0 Å². The maximum Gasteiger partial charge on any atom is 0.416 e. The van der Waals surface area contributed by atoms with Crippen molar-refractivity contribution >= 4 is 23.0 Å². The van der Waals surface area contributed by atoms with Gasteiger partial charge >= 0.3 is 6.18 Å². The van der Waals surface area contributed by atoms with Crippen molar-refractivity contribution in [3.05, 3.63) is 93.0 Å². The first-order valence-corrected chi connectivity index (χ1v) is 15.2. The number of halogens is 3. The van der Waals surface area contributed by atoms with E-state index in [1.54, 1.807) is 13.0 Å². The van der Waals surface area contributed by atoms with Crippen molar-refractivity contribution < 1.29 is 13.2 Å². The second-order valence-electron chi connectivity index (χ2n) is 12.5. The van der Waals surface area contributed by atoms with Crippen LogP contribution in [0.3, 0.4) is 0 Å². The number of para-hydroxylation sites is 1. The van der Waals surface area contributed by atoms with E-state index in [2.05, 4.69) is 67.8 Å². The summed E-state index contributed by atoms with van der Waals surface area (Å²) >= 11 is 0. The van der Waals surface area contributed by atoms with Gasteiger partial charge in [0.2, 0.25) is 0 Å². The summed E-state index contributed by atoms with van der Waals surface area (Å²) in [7, 11) is 0. The fourth-order valence-corrected chi connectivity index (χ4v) is 5.96. The molecule has 0 spiro atoms. The summed E-state index contributed by atoms with van der Waals surface area (Å²) < 4.78 is 41.8. The zero-order valence-electron chi connectivity index (χ0n) is 27.0. The van der Waals surface area contributed by atoms with Crippen LogP contribution in [0.4, 0.5) is 24.5 Å². The molecule has 43 heavy (non-hydrogen) atoms. The van der Waals surface area contributed by atoms with Gasteiger partial charge in [0, 0.05) is 18.7 Å². The highest BCUT2D eigenvalue weighted by Crippen LogP contribution is 2.36. The molecule has 0 unspecified atom stereocenters. The van der Waals surface area contributed by atoms with Gasteiger partial charge in [-0.05, 0) is 98.9 Å². The Balaban J connectivity index is 1.81.